The summed E-state index contributed by atoms with van der Waals surface area (Å²) in [5, 5.41) is 8.80. The number of ether oxygens (including phenoxy) is 1. The molecule has 0 aliphatic heterocycles. The van der Waals surface area contributed by atoms with Crippen LogP contribution in [0.1, 0.15) is 11.3 Å². The average Bonchev–Trinajstić information content (AvgIpc) is 2.36. The number of rotatable bonds is 7. The minimum absolute atomic E-state index is 0.101. The maximum atomic E-state index is 12.1. The molecule has 1 rings (SSSR count). The molecule has 1 heterocycles. The standard InChI is InChI=1S/C13H18N2O4/c1-10-4-3-5-14-11(10)8-12(16)15(6-7-19-2)9-13(17)18/h3-5H,6-9H2,1-2H3,(H,17,18). The molecule has 1 amide bonds. The van der Waals surface area contributed by atoms with Crippen molar-refractivity contribution in [1.82, 2.24) is 9.88 Å². The predicted octanol–water partition coefficient (Wildman–Crippen LogP) is 0.492. The summed E-state index contributed by atoms with van der Waals surface area (Å²) in [4.78, 5) is 28.2. The number of carbonyl (C=O) groups excluding carboxylic acids is 1. The second-order valence-electron chi connectivity index (χ2n) is 4.15. The fraction of sp³-hybridized carbons (Fsp3) is 0.462. The van der Waals surface area contributed by atoms with E-state index in [1.165, 1.54) is 12.0 Å². The fourth-order valence-corrected chi connectivity index (χ4v) is 1.62. The van der Waals surface area contributed by atoms with Crippen molar-refractivity contribution in [2.24, 2.45) is 0 Å². The maximum Gasteiger partial charge on any atom is 0.323 e. The van der Waals surface area contributed by atoms with Crippen molar-refractivity contribution in [2.45, 2.75) is 13.3 Å². The quantitative estimate of drug-likeness (QED) is 0.777. The molecule has 0 unspecified atom stereocenters. The summed E-state index contributed by atoms with van der Waals surface area (Å²) in [6.07, 6.45) is 1.72. The second-order valence-corrected chi connectivity index (χ2v) is 4.15. The molecule has 0 bridgehead atoms. The van der Waals surface area contributed by atoms with Gasteiger partial charge in [-0.1, -0.05) is 6.07 Å². The lowest BCUT2D eigenvalue weighted by Crippen LogP contribution is -2.39. The molecular formula is C13H18N2O4. The zero-order chi connectivity index (χ0) is 14.3. The number of hydrogen-bond donors (Lipinski definition) is 1. The topological polar surface area (TPSA) is 79.7 Å². The molecule has 0 saturated carbocycles. The Kier molecular flexibility index (Phi) is 5.95. The Bertz CT molecular complexity index is 448. The summed E-state index contributed by atoms with van der Waals surface area (Å²) in [5.41, 5.74) is 1.58. The Morgan fingerprint density at radius 3 is 2.79 bits per heavy atom. The minimum atomic E-state index is -1.04. The van der Waals surface area contributed by atoms with E-state index in [2.05, 4.69) is 4.98 Å². The largest absolute Gasteiger partial charge is 0.480 e. The molecule has 0 spiro atoms. The SMILES string of the molecule is COCCN(CC(=O)O)C(=O)Cc1ncccc1C. The van der Waals surface area contributed by atoms with Crippen LogP contribution >= 0.6 is 0 Å². The highest BCUT2D eigenvalue weighted by atomic mass is 16.5. The van der Waals surface area contributed by atoms with Gasteiger partial charge in [-0.25, -0.2) is 0 Å². The van der Waals surface area contributed by atoms with Crippen molar-refractivity contribution in [2.75, 3.05) is 26.8 Å². The molecule has 1 N–H and O–H groups in total. The highest BCUT2D eigenvalue weighted by Crippen LogP contribution is 2.06. The Morgan fingerprint density at radius 1 is 1.47 bits per heavy atom. The Labute approximate surface area is 112 Å². The van der Waals surface area contributed by atoms with E-state index in [0.717, 1.165) is 5.56 Å². The van der Waals surface area contributed by atoms with Gasteiger partial charge in [0.15, 0.2) is 0 Å². The maximum absolute atomic E-state index is 12.1. The van der Waals surface area contributed by atoms with Crippen LogP contribution in [0.3, 0.4) is 0 Å². The van der Waals surface area contributed by atoms with Crippen molar-refractivity contribution >= 4 is 11.9 Å². The number of aryl methyl sites for hydroxylation is 1. The third kappa shape index (κ3) is 5.05. The monoisotopic (exact) mass is 266 g/mol. The van der Waals surface area contributed by atoms with Gasteiger partial charge in [-0.3, -0.25) is 14.6 Å². The minimum Gasteiger partial charge on any atom is -0.480 e. The smallest absolute Gasteiger partial charge is 0.323 e. The number of aliphatic carboxylic acids is 1. The van der Waals surface area contributed by atoms with Crippen LogP contribution in [-0.4, -0.2) is 53.7 Å². The first kappa shape index (κ1) is 15.1. The Morgan fingerprint density at radius 2 is 2.21 bits per heavy atom. The van der Waals surface area contributed by atoms with E-state index in [4.69, 9.17) is 9.84 Å². The number of pyridine rings is 1. The number of carboxylic acid groups (broad SMARTS) is 1. The first-order valence-corrected chi connectivity index (χ1v) is 5.93. The van der Waals surface area contributed by atoms with Crippen LogP contribution in [0.2, 0.25) is 0 Å². The van der Waals surface area contributed by atoms with Crippen LogP contribution in [-0.2, 0) is 20.7 Å². The van der Waals surface area contributed by atoms with E-state index in [1.54, 1.807) is 12.3 Å². The number of carbonyl (C=O) groups is 2. The summed E-state index contributed by atoms with van der Waals surface area (Å²) in [7, 11) is 1.51. The van der Waals surface area contributed by atoms with Crippen LogP contribution in [0.4, 0.5) is 0 Å². The van der Waals surface area contributed by atoms with Crippen LogP contribution < -0.4 is 0 Å². The van der Waals surface area contributed by atoms with Crippen molar-refractivity contribution in [3.63, 3.8) is 0 Å². The van der Waals surface area contributed by atoms with Crippen LogP contribution in [0.5, 0.6) is 0 Å². The first-order chi connectivity index (χ1) is 9.04. The molecule has 0 atom stereocenters. The Hall–Kier alpha value is -1.95. The number of hydrogen-bond acceptors (Lipinski definition) is 4. The normalized spacial score (nSPS) is 10.2. The summed E-state index contributed by atoms with van der Waals surface area (Å²) in [6, 6.07) is 3.66. The molecule has 0 aliphatic rings. The lowest BCUT2D eigenvalue weighted by atomic mass is 10.1. The zero-order valence-electron chi connectivity index (χ0n) is 11.1. The fourth-order valence-electron chi connectivity index (χ4n) is 1.62. The number of aromatic nitrogens is 1. The van der Waals surface area contributed by atoms with Gasteiger partial charge in [-0.15, -0.1) is 0 Å². The summed E-state index contributed by atoms with van der Waals surface area (Å²) >= 11 is 0. The van der Waals surface area contributed by atoms with Crippen molar-refractivity contribution < 1.29 is 19.4 Å². The van der Waals surface area contributed by atoms with Crippen LogP contribution in [0.25, 0.3) is 0 Å². The van der Waals surface area contributed by atoms with Crippen molar-refractivity contribution in [3.8, 4) is 0 Å². The first-order valence-electron chi connectivity index (χ1n) is 5.93. The molecule has 1 aromatic rings. The number of methoxy groups -OCH3 is 1. The predicted molar refractivity (Wildman–Crippen MR) is 68.8 cm³/mol. The van der Waals surface area contributed by atoms with E-state index >= 15 is 0 Å². The van der Waals surface area contributed by atoms with Gasteiger partial charge in [0.25, 0.3) is 0 Å². The lowest BCUT2D eigenvalue weighted by molar-refractivity contribution is -0.144. The second kappa shape index (κ2) is 7.48. The van der Waals surface area contributed by atoms with E-state index in [9.17, 15) is 9.59 Å². The Balaban J connectivity index is 2.70. The van der Waals surface area contributed by atoms with E-state index in [-0.39, 0.29) is 25.4 Å². The van der Waals surface area contributed by atoms with Gasteiger partial charge in [0, 0.05) is 19.9 Å². The van der Waals surface area contributed by atoms with Gasteiger partial charge in [-0.2, -0.15) is 0 Å². The van der Waals surface area contributed by atoms with Gasteiger partial charge >= 0.3 is 5.97 Å². The third-order valence-electron chi connectivity index (χ3n) is 2.68. The molecule has 0 saturated heterocycles. The van der Waals surface area contributed by atoms with Gasteiger partial charge in [0.05, 0.1) is 18.7 Å². The molecule has 6 heteroatoms. The van der Waals surface area contributed by atoms with E-state index in [0.29, 0.717) is 12.3 Å². The molecule has 0 aliphatic carbocycles. The van der Waals surface area contributed by atoms with Crippen molar-refractivity contribution in [3.05, 3.63) is 29.6 Å². The highest BCUT2D eigenvalue weighted by molar-refractivity contribution is 5.82. The van der Waals surface area contributed by atoms with Gasteiger partial charge in [-0.05, 0) is 18.6 Å². The summed E-state index contributed by atoms with van der Waals surface area (Å²) in [5.74, 6) is -1.30. The third-order valence-corrected chi connectivity index (χ3v) is 2.68. The molecule has 0 aromatic carbocycles. The number of amides is 1. The molecule has 0 fully saturated rings. The average molecular weight is 266 g/mol. The molecule has 1 aromatic heterocycles. The lowest BCUT2D eigenvalue weighted by Gasteiger charge is -2.20. The van der Waals surface area contributed by atoms with E-state index < -0.39 is 5.97 Å². The van der Waals surface area contributed by atoms with Gasteiger partial charge in [0.2, 0.25) is 5.91 Å². The molecule has 104 valence electrons. The van der Waals surface area contributed by atoms with Crippen molar-refractivity contribution in [1.29, 1.82) is 0 Å². The molecule has 19 heavy (non-hydrogen) atoms. The molecular weight excluding hydrogens is 248 g/mol. The number of nitrogens with zero attached hydrogens (tertiary/aromatic N) is 2. The molecule has 0 radical (unpaired) electrons. The summed E-state index contributed by atoms with van der Waals surface area (Å²) in [6.45, 7) is 2.11. The van der Waals surface area contributed by atoms with Gasteiger partial charge in [0.1, 0.15) is 6.54 Å². The van der Waals surface area contributed by atoms with Crippen LogP contribution in [0, 0.1) is 6.92 Å². The van der Waals surface area contributed by atoms with Crippen LogP contribution in [0.15, 0.2) is 18.3 Å². The summed E-state index contributed by atoms with van der Waals surface area (Å²) < 4.78 is 4.88. The highest BCUT2D eigenvalue weighted by Gasteiger charge is 2.18. The zero-order valence-corrected chi connectivity index (χ0v) is 11.1. The van der Waals surface area contributed by atoms with Gasteiger partial charge < -0.3 is 14.7 Å². The molecule has 6 nitrogen and oxygen atoms in total. The van der Waals surface area contributed by atoms with E-state index in [1.807, 2.05) is 13.0 Å². The number of carboxylic acids is 1.